The van der Waals surface area contributed by atoms with Crippen molar-refractivity contribution in [1.29, 1.82) is 0 Å². The highest BCUT2D eigenvalue weighted by atomic mass is 19.1. The van der Waals surface area contributed by atoms with Crippen molar-refractivity contribution in [2.24, 2.45) is 0 Å². The van der Waals surface area contributed by atoms with Crippen LogP contribution < -0.4 is 4.90 Å². The number of hydrogen-bond acceptors (Lipinski definition) is 4. The van der Waals surface area contributed by atoms with Gasteiger partial charge in [0.25, 0.3) is 0 Å². The molecule has 4 rings (SSSR count). The van der Waals surface area contributed by atoms with Crippen molar-refractivity contribution >= 4 is 5.82 Å². The van der Waals surface area contributed by atoms with E-state index in [2.05, 4.69) is 33.0 Å². The van der Waals surface area contributed by atoms with Crippen LogP contribution >= 0.6 is 0 Å². The third kappa shape index (κ3) is 3.31. The second-order valence-electron chi connectivity index (χ2n) is 6.77. The molecule has 0 fully saturated rings. The number of halogens is 1. The van der Waals surface area contributed by atoms with Crippen molar-refractivity contribution in [1.82, 2.24) is 19.7 Å². The van der Waals surface area contributed by atoms with Gasteiger partial charge < -0.3 is 4.90 Å². The van der Waals surface area contributed by atoms with Gasteiger partial charge >= 0.3 is 0 Å². The first-order valence-corrected chi connectivity index (χ1v) is 9.00. The molecule has 1 aromatic carbocycles. The molecule has 5 nitrogen and oxygen atoms in total. The summed E-state index contributed by atoms with van der Waals surface area (Å²) in [5.74, 6) is 1.58. The van der Waals surface area contributed by atoms with Gasteiger partial charge in [0.1, 0.15) is 17.5 Å². The smallest absolute Gasteiger partial charge is 0.133 e. The molecule has 1 aliphatic heterocycles. The molecule has 1 aliphatic rings. The van der Waals surface area contributed by atoms with Crippen LogP contribution in [-0.4, -0.2) is 19.7 Å². The summed E-state index contributed by atoms with van der Waals surface area (Å²) in [7, 11) is 0. The molecular weight excluding hydrogens is 329 g/mol. The number of nitrogens with zero attached hydrogens (tertiary/aromatic N) is 5. The van der Waals surface area contributed by atoms with E-state index in [1.165, 1.54) is 23.4 Å². The standard InChI is InChI=1S/C20H22FN5/c1-3-4-18-9-20(24-14(2)23-18)25-12-16-10-22-26(19(16)13-25)11-15-5-7-17(21)8-6-15/h5-10H,3-4,11-13H2,1-2H3. The Balaban J connectivity index is 1.55. The van der Waals surface area contributed by atoms with Crippen LogP contribution in [0, 0.1) is 12.7 Å². The molecule has 26 heavy (non-hydrogen) atoms. The van der Waals surface area contributed by atoms with E-state index in [4.69, 9.17) is 0 Å². The predicted octanol–water partition coefficient (Wildman–Crippen LogP) is 3.64. The fraction of sp³-hybridized carbons (Fsp3) is 0.350. The second-order valence-corrected chi connectivity index (χ2v) is 6.77. The Morgan fingerprint density at radius 3 is 2.69 bits per heavy atom. The van der Waals surface area contributed by atoms with Gasteiger partial charge in [-0.2, -0.15) is 5.10 Å². The lowest BCUT2D eigenvalue weighted by Crippen LogP contribution is -2.19. The molecule has 0 atom stereocenters. The summed E-state index contributed by atoms with van der Waals surface area (Å²) in [6, 6.07) is 8.69. The highest BCUT2D eigenvalue weighted by Gasteiger charge is 2.25. The summed E-state index contributed by atoms with van der Waals surface area (Å²) in [5.41, 5.74) is 4.56. The average molecular weight is 351 g/mol. The first-order chi connectivity index (χ1) is 12.6. The normalized spacial score (nSPS) is 13.3. The van der Waals surface area contributed by atoms with E-state index < -0.39 is 0 Å². The van der Waals surface area contributed by atoms with Crippen molar-refractivity contribution in [2.45, 2.75) is 46.3 Å². The van der Waals surface area contributed by atoms with Gasteiger partial charge in [-0.1, -0.05) is 25.5 Å². The molecule has 0 saturated heterocycles. The molecule has 0 aliphatic carbocycles. The third-order valence-electron chi connectivity index (χ3n) is 4.69. The fourth-order valence-electron chi connectivity index (χ4n) is 3.43. The SMILES string of the molecule is CCCc1cc(N2Cc3cnn(Cc4ccc(F)cc4)c3C2)nc(C)n1. The molecule has 0 amide bonds. The molecule has 2 aromatic heterocycles. The molecule has 134 valence electrons. The van der Waals surface area contributed by atoms with Crippen LogP contribution in [0.4, 0.5) is 10.2 Å². The highest BCUT2D eigenvalue weighted by molar-refractivity contribution is 5.46. The Kier molecular flexibility index (Phi) is 4.41. The van der Waals surface area contributed by atoms with Crippen LogP contribution in [0.15, 0.2) is 36.5 Å². The highest BCUT2D eigenvalue weighted by Crippen LogP contribution is 2.28. The zero-order valence-electron chi connectivity index (χ0n) is 15.1. The van der Waals surface area contributed by atoms with Crippen molar-refractivity contribution in [3.05, 3.63) is 70.7 Å². The number of rotatable bonds is 5. The molecule has 0 bridgehead atoms. The topological polar surface area (TPSA) is 46.8 Å². The Bertz CT molecular complexity index is 916. The first-order valence-electron chi connectivity index (χ1n) is 9.00. The van der Waals surface area contributed by atoms with Gasteiger partial charge in [0.15, 0.2) is 0 Å². The monoisotopic (exact) mass is 351 g/mol. The lowest BCUT2D eigenvalue weighted by molar-refractivity contribution is 0.620. The molecular formula is C20H22FN5. The van der Waals surface area contributed by atoms with E-state index in [0.29, 0.717) is 6.54 Å². The maximum absolute atomic E-state index is 13.1. The van der Waals surface area contributed by atoms with Gasteiger partial charge in [-0.25, -0.2) is 14.4 Å². The molecule has 3 heterocycles. The van der Waals surface area contributed by atoms with Crippen molar-refractivity contribution in [2.75, 3.05) is 4.90 Å². The number of aryl methyl sites for hydroxylation is 2. The van der Waals surface area contributed by atoms with Gasteiger partial charge in [-0.15, -0.1) is 0 Å². The molecule has 0 saturated carbocycles. The molecule has 6 heteroatoms. The minimum Gasteiger partial charge on any atom is -0.346 e. The molecule has 0 unspecified atom stereocenters. The van der Waals surface area contributed by atoms with E-state index >= 15 is 0 Å². The lowest BCUT2D eigenvalue weighted by Gasteiger charge is -2.18. The average Bonchev–Trinajstić information content (AvgIpc) is 3.19. The summed E-state index contributed by atoms with van der Waals surface area (Å²) in [6.45, 7) is 6.33. The van der Waals surface area contributed by atoms with E-state index in [1.54, 1.807) is 12.1 Å². The van der Waals surface area contributed by atoms with Crippen LogP contribution in [-0.2, 0) is 26.1 Å². The minimum atomic E-state index is -0.215. The molecule has 3 aromatic rings. The summed E-state index contributed by atoms with van der Waals surface area (Å²) in [6.07, 6.45) is 3.97. The largest absolute Gasteiger partial charge is 0.346 e. The lowest BCUT2D eigenvalue weighted by atomic mass is 10.2. The zero-order chi connectivity index (χ0) is 18.1. The molecule has 0 radical (unpaired) electrons. The van der Waals surface area contributed by atoms with Crippen LogP contribution in [0.25, 0.3) is 0 Å². The van der Waals surface area contributed by atoms with E-state index in [0.717, 1.165) is 48.8 Å². The van der Waals surface area contributed by atoms with Crippen molar-refractivity contribution in [3.8, 4) is 0 Å². The van der Waals surface area contributed by atoms with Crippen molar-refractivity contribution < 1.29 is 4.39 Å². The van der Waals surface area contributed by atoms with Crippen LogP contribution in [0.5, 0.6) is 0 Å². The maximum Gasteiger partial charge on any atom is 0.133 e. The quantitative estimate of drug-likeness (QED) is 0.704. The molecule has 0 N–H and O–H groups in total. The summed E-state index contributed by atoms with van der Waals surface area (Å²) in [5, 5.41) is 4.51. The van der Waals surface area contributed by atoms with Crippen LogP contribution in [0.2, 0.25) is 0 Å². The van der Waals surface area contributed by atoms with Crippen LogP contribution in [0.1, 0.15) is 41.7 Å². The van der Waals surface area contributed by atoms with E-state index in [-0.39, 0.29) is 5.82 Å². The van der Waals surface area contributed by atoms with Gasteiger partial charge in [-0.05, 0) is 31.0 Å². The van der Waals surface area contributed by atoms with Crippen LogP contribution in [0.3, 0.4) is 0 Å². The number of fused-ring (bicyclic) bond motifs is 1. The summed E-state index contributed by atoms with van der Waals surface area (Å²) >= 11 is 0. The zero-order valence-corrected chi connectivity index (χ0v) is 15.1. The van der Waals surface area contributed by atoms with Gasteiger partial charge in [0.05, 0.1) is 25.0 Å². The molecule has 0 spiro atoms. The second kappa shape index (κ2) is 6.86. The van der Waals surface area contributed by atoms with Gasteiger partial charge in [-0.3, -0.25) is 4.68 Å². The number of aromatic nitrogens is 4. The van der Waals surface area contributed by atoms with Gasteiger partial charge in [0.2, 0.25) is 0 Å². The Labute approximate surface area is 152 Å². The van der Waals surface area contributed by atoms with Crippen molar-refractivity contribution in [3.63, 3.8) is 0 Å². The maximum atomic E-state index is 13.1. The number of hydrogen-bond donors (Lipinski definition) is 0. The number of benzene rings is 1. The first kappa shape index (κ1) is 16.7. The summed E-state index contributed by atoms with van der Waals surface area (Å²) < 4.78 is 15.1. The third-order valence-corrected chi connectivity index (χ3v) is 4.69. The van der Waals surface area contributed by atoms with E-state index in [1.807, 2.05) is 17.8 Å². The Morgan fingerprint density at radius 2 is 1.92 bits per heavy atom. The van der Waals surface area contributed by atoms with Gasteiger partial charge in [0, 0.05) is 23.9 Å². The Morgan fingerprint density at radius 1 is 1.12 bits per heavy atom. The predicted molar refractivity (Wildman–Crippen MR) is 98.4 cm³/mol. The fourth-order valence-corrected chi connectivity index (χ4v) is 3.43. The number of anilines is 1. The summed E-state index contributed by atoms with van der Waals surface area (Å²) in [4.78, 5) is 11.4. The van der Waals surface area contributed by atoms with E-state index in [9.17, 15) is 4.39 Å². The Hall–Kier alpha value is -2.76. The minimum absolute atomic E-state index is 0.215.